The summed E-state index contributed by atoms with van der Waals surface area (Å²) in [5.41, 5.74) is 11.8. The third kappa shape index (κ3) is 3.16. The third-order valence-electron chi connectivity index (χ3n) is 8.58. The molecule has 0 saturated heterocycles. The number of halogens is 1. The fraction of sp³-hybridized carbons (Fsp3) is 0.419. The molecule has 3 aliphatic carbocycles. The van der Waals surface area contributed by atoms with Crippen LogP contribution < -0.4 is 0 Å². The number of benzene rings is 3. The Kier molecular flexibility index (Phi) is 6.16. The van der Waals surface area contributed by atoms with E-state index in [2.05, 4.69) is 83.5 Å². The van der Waals surface area contributed by atoms with Gasteiger partial charge < -0.3 is 4.55 Å². The van der Waals surface area contributed by atoms with E-state index in [1.165, 1.54) is 76.6 Å². The molecule has 0 aliphatic heterocycles. The van der Waals surface area contributed by atoms with Gasteiger partial charge in [-0.25, -0.2) is 0 Å². The molecular weight excluding hydrogens is 500 g/mol. The SMILES string of the molecule is CCCCCCCC[S+]([O-])Cc1ccc(CBr)c2c1C1c3ccccc3C13c1ccccc1C23. The molecule has 0 N–H and O–H groups in total. The van der Waals surface area contributed by atoms with Crippen molar-refractivity contribution in [1.29, 1.82) is 0 Å². The quantitative estimate of drug-likeness (QED) is 0.147. The van der Waals surface area contributed by atoms with Crippen LogP contribution in [0.1, 0.15) is 102 Å². The van der Waals surface area contributed by atoms with Crippen molar-refractivity contribution in [1.82, 2.24) is 0 Å². The second kappa shape index (κ2) is 9.15. The van der Waals surface area contributed by atoms with Crippen molar-refractivity contribution in [2.75, 3.05) is 5.75 Å². The van der Waals surface area contributed by atoms with Gasteiger partial charge in [-0.05, 0) is 63.0 Å². The standard InChI is InChI=1S/C31H33BrOS/c1-2-3-4-5-6-11-18-34(33)20-22-17-16-21(19-32)27-28(22)30-24-13-8-10-15-26(24)31(30)25-14-9-7-12-23(25)29(27)31/h7-10,12-17,29-30H,2-6,11,18-20H2,1H3. The molecule has 1 nitrogen and oxygen atoms in total. The number of alkyl halides is 1. The summed E-state index contributed by atoms with van der Waals surface area (Å²) < 4.78 is 13.2. The fourth-order valence-corrected chi connectivity index (χ4v) is 8.98. The Hall–Kier alpha value is -1.55. The number of unbranched alkanes of at least 4 members (excludes halogenated alkanes) is 5. The van der Waals surface area contributed by atoms with Gasteiger partial charge in [0.05, 0.1) is 0 Å². The van der Waals surface area contributed by atoms with Gasteiger partial charge in [-0.3, -0.25) is 0 Å². The summed E-state index contributed by atoms with van der Waals surface area (Å²) in [4.78, 5) is 0. The Morgan fingerprint density at radius 2 is 1.32 bits per heavy atom. The average Bonchev–Trinajstić information content (AvgIpc) is 3.07. The molecule has 3 aliphatic rings. The van der Waals surface area contributed by atoms with Gasteiger partial charge in [-0.15, -0.1) is 0 Å². The van der Waals surface area contributed by atoms with Crippen molar-refractivity contribution in [2.24, 2.45) is 0 Å². The van der Waals surface area contributed by atoms with Crippen LogP contribution in [-0.2, 0) is 27.7 Å². The van der Waals surface area contributed by atoms with Gasteiger partial charge in [0.25, 0.3) is 0 Å². The van der Waals surface area contributed by atoms with E-state index >= 15 is 0 Å². The molecule has 0 radical (unpaired) electrons. The number of hydrogen-bond donors (Lipinski definition) is 0. The summed E-state index contributed by atoms with van der Waals surface area (Å²) in [6.07, 6.45) is 7.49. The van der Waals surface area contributed by atoms with E-state index in [9.17, 15) is 4.55 Å². The van der Waals surface area contributed by atoms with Crippen molar-refractivity contribution < 1.29 is 4.55 Å². The maximum absolute atomic E-state index is 13.2. The largest absolute Gasteiger partial charge is 0.616 e. The second-order valence-corrected chi connectivity index (χ2v) is 12.4. The van der Waals surface area contributed by atoms with Crippen LogP contribution in [0.15, 0.2) is 60.7 Å². The van der Waals surface area contributed by atoms with Gasteiger partial charge in [-0.1, -0.05) is 109 Å². The average molecular weight is 534 g/mol. The Balaban J connectivity index is 1.34. The van der Waals surface area contributed by atoms with Crippen molar-refractivity contribution in [3.63, 3.8) is 0 Å². The fourth-order valence-electron chi connectivity index (χ4n) is 7.23. The highest BCUT2D eigenvalue weighted by atomic mass is 79.9. The number of rotatable bonds is 10. The van der Waals surface area contributed by atoms with Crippen molar-refractivity contribution >= 4 is 27.1 Å². The molecule has 0 aromatic heterocycles. The molecule has 0 bridgehead atoms. The van der Waals surface area contributed by atoms with E-state index in [1.807, 2.05) is 0 Å². The maximum Gasteiger partial charge on any atom is 0.130 e. The molecule has 3 heteroatoms. The lowest BCUT2D eigenvalue weighted by atomic mass is 9.43. The van der Waals surface area contributed by atoms with Gasteiger partial charge >= 0.3 is 0 Å². The van der Waals surface area contributed by atoms with E-state index < -0.39 is 11.2 Å². The summed E-state index contributed by atoms with van der Waals surface area (Å²) >= 11 is 2.99. The van der Waals surface area contributed by atoms with Crippen molar-refractivity contribution in [3.05, 3.63) is 105 Å². The molecular formula is C31H33BrOS. The first-order valence-electron chi connectivity index (χ1n) is 13.0. The Labute approximate surface area is 215 Å². The van der Waals surface area contributed by atoms with Crippen LogP contribution >= 0.6 is 15.9 Å². The van der Waals surface area contributed by atoms with Gasteiger partial charge in [0.2, 0.25) is 0 Å². The normalized spacial score (nSPS) is 23.6. The predicted octanol–water partition coefficient (Wildman–Crippen LogP) is 8.08. The lowest BCUT2D eigenvalue weighted by molar-refractivity contribution is 0.332. The highest BCUT2D eigenvalue weighted by Gasteiger charge is 2.70. The first kappa shape index (κ1) is 22.9. The Bertz CT molecular complexity index is 1220. The van der Waals surface area contributed by atoms with Crippen LogP contribution in [0.4, 0.5) is 0 Å². The lowest BCUT2D eigenvalue weighted by Crippen LogP contribution is -2.52. The molecule has 3 aromatic carbocycles. The van der Waals surface area contributed by atoms with Crippen LogP contribution in [0.5, 0.6) is 0 Å². The van der Waals surface area contributed by atoms with Crippen LogP contribution in [0.25, 0.3) is 0 Å². The van der Waals surface area contributed by atoms with Crippen molar-refractivity contribution in [2.45, 2.75) is 73.8 Å². The van der Waals surface area contributed by atoms with Crippen LogP contribution in [0, 0.1) is 0 Å². The Morgan fingerprint density at radius 3 is 1.97 bits per heavy atom. The predicted molar refractivity (Wildman–Crippen MR) is 147 cm³/mol. The van der Waals surface area contributed by atoms with Crippen molar-refractivity contribution in [3.8, 4) is 0 Å². The molecule has 0 saturated carbocycles. The molecule has 6 rings (SSSR count). The zero-order valence-electron chi connectivity index (χ0n) is 20.0. The highest BCUT2D eigenvalue weighted by Crippen LogP contribution is 2.77. The smallest absolute Gasteiger partial charge is 0.130 e. The molecule has 0 amide bonds. The van der Waals surface area contributed by atoms with Gasteiger partial charge in [0.1, 0.15) is 11.5 Å². The third-order valence-corrected chi connectivity index (χ3v) is 10.6. The van der Waals surface area contributed by atoms with Crippen LogP contribution in [-0.4, -0.2) is 10.3 Å². The minimum Gasteiger partial charge on any atom is -0.616 e. The highest BCUT2D eigenvalue weighted by molar-refractivity contribution is 9.08. The molecule has 34 heavy (non-hydrogen) atoms. The molecule has 4 atom stereocenters. The topological polar surface area (TPSA) is 23.1 Å². The monoisotopic (exact) mass is 532 g/mol. The van der Waals surface area contributed by atoms with E-state index in [0.29, 0.717) is 17.6 Å². The van der Waals surface area contributed by atoms with Gasteiger partial charge in [-0.2, -0.15) is 0 Å². The lowest BCUT2D eigenvalue weighted by Gasteiger charge is -2.58. The zero-order chi connectivity index (χ0) is 23.3. The first-order valence-corrected chi connectivity index (χ1v) is 15.6. The molecule has 1 spiro atoms. The summed E-state index contributed by atoms with van der Waals surface area (Å²) in [6, 6.07) is 22.7. The van der Waals surface area contributed by atoms with Gasteiger partial charge in [0.15, 0.2) is 0 Å². The van der Waals surface area contributed by atoms with Crippen LogP contribution in [0.3, 0.4) is 0 Å². The second-order valence-electron chi connectivity index (χ2n) is 10.3. The molecule has 0 fully saturated rings. The minimum atomic E-state index is -0.805. The number of fused-ring (bicyclic) bond motifs is 7. The molecule has 0 heterocycles. The van der Waals surface area contributed by atoms with E-state index in [1.54, 1.807) is 0 Å². The summed E-state index contributed by atoms with van der Waals surface area (Å²) in [5.74, 6) is 2.35. The zero-order valence-corrected chi connectivity index (χ0v) is 22.4. The summed E-state index contributed by atoms with van der Waals surface area (Å²) in [5, 5.41) is 0.869. The van der Waals surface area contributed by atoms with Gasteiger partial charge in [0, 0.05) is 28.1 Å². The summed E-state index contributed by atoms with van der Waals surface area (Å²) in [7, 11) is 0. The van der Waals surface area contributed by atoms with E-state index in [4.69, 9.17) is 0 Å². The molecule has 3 aromatic rings. The summed E-state index contributed by atoms with van der Waals surface area (Å²) in [6.45, 7) is 2.25. The first-order chi connectivity index (χ1) is 16.7. The van der Waals surface area contributed by atoms with Crippen LogP contribution in [0.2, 0.25) is 0 Å². The molecule has 176 valence electrons. The Morgan fingerprint density at radius 1 is 0.765 bits per heavy atom. The number of hydrogen-bond acceptors (Lipinski definition) is 1. The maximum atomic E-state index is 13.2. The van der Waals surface area contributed by atoms with E-state index in [0.717, 1.165) is 17.5 Å². The van der Waals surface area contributed by atoms with E-state index in [-0.39, 0.29) is 5.41 Å². The minimum absolute atomic E-state index is 0.0866. The molecule has 4 unspecified atom stereocenters.